The smallest absolute Gasteiger partial charge is 0.303 e. The molecular formula is C14H14ClNO2. The van der Waals surface area contributed by atoms with Gasteiger partial charge in [0.15, 0.2) is 0 Å². The van der Waals surface area contributed by atoms with E-state index in [1.165, 1.54) is 6.92 Å². The third kappa shape index (κ3) is 2.46. The Morgan fingerprint density at radius 3 is 2.67 bits per heavy atom. The van der Waals surface area contributed by atoms with Crippen molar-refractivity contribution in [1.82, 2.24) is 4.98 Å². The summed E-state index contributed by atoms with van der Waals surface area (Å²) in [5, 5.41) is 1.55. The van der Waals surface area contributed by atoms with Crippen LogP contribution in [0.4, 0.5) is 0 Å². The van der Waals surface area contributed by atoms with E-state index in [1.807, 2.05) is 25.1 Å². The summed E-state index contributed by atoms with van der Waals surface area (Å²) in [7, 11) is 0. The highest BCUT2D eigenvalue weighted by molar-refractivity contribution is 6.32. The summed E-state index contributed by atoms with van der Waals surface area (Å²) in [6.45, 7) is 5.10. The Balaban J connectivity index is 2.63. The maximum absolute atomic E-state index is 11.1. The zero-order chi connectivity index (χ0) is 13.3. The molecule has 1 aromatic heterocycles. The molecule has 0 amide bonds. The summed E-state index contributed by atoms with van der Waals surface area (Å²) < 4.78 is 5.20. The molecule has 1 atom stereocenters. The molecule has 0 aliphatic carbocycles. The van der Waals surface area contributed by atoms with Crippen molar-refractivity contribution in [3.8, 4) is 0 Å². The van der Waals surface area contributed by atoms with E-state index in [9.17, 15) is 4.79 Å². The van der Waals surface area contributed by atoms with Crippen LogP contribution in [0.15, 0.2) is 24.3 Å². The first-order valence-electron chi connectivity index (χ1n) is 5.72. The highest BCUT2D eigenvalue weighted by Crippen LogP contribution is 2.32. The van der Waals surface area contributed by atoms with Crippen LogP contribution in [0.5, 0.6) is 0 Å². The quantitative estimate of drug-likeness (QED) is 0.773. The SMILES string of the molecule is CC(=O)OC(C)c1c(Cl)ccc2ccc(C)nc12. The summed E-state index contributed by atoms with van der Waals surface area (Å²) in [6.07, 6.45) is -0.409. The number of rotatable bonds is 2. The first-order chi connectivity index (χ1) is 8.49. The molecule has 0 bridgehead atoms. The van der Waals surface area contributed by atoms with E-state index in [-0.39, 0.29) is 5.97 Å². The van der Waals surface area contributed by atoms with Crippen LogP contribution >= 0.6 is 11.6 Å². The molecular weight excluding hydrogens is 250 g/mol. The van der Waals surface area contributed by atoms with Gasteiger partial charge in [-0.15, -0.1) is 0 Å². The molecule has 3 nitrogen and oxygen atoms in total. The Labute approximate surface area is 111 Å². The fraction of sp³-hybridized carbons (Fsp3) is 0.286. The summed E-state index contributed by atoms with van der Waals surface area (Å²) in [4.78, 5) is 15.5. The Kier molecular flexibility index (Phi) is 3.53. The number of carbonyl (C=O) groups excluding carboxylic acids is 1. The van der Waals surface area contributed by atoms with Gasteiger partial charge in [-0.25, -0.2) is 0 Å². The predicted octanol–water partition coefficient (Wildman–Crippen LogP) is 3.82. The lowest BCUT2D eigenvalue weighted by molar-refractivity contribution is -0.145. The van der Waals surface area contributed by atoms with Crippen LogP contribution in [0.25, 0.3) is 10.9 Å². The van der Waals surface area contributed by atoms with Crippen molar-refractivity contribution in [2.45, 2.75) is 26.9 Å². The van der Waals surface area contributed by atoms with Crippen LogP contribution in [0.1, 0.15) is 31.2 Å². The zero-order valence-corrected chi connectivity index (χ0v) is 11.3. The van der Waals surface area contributed by atoms with Gasteiger partial charge in [-0.05, 0) is 26.0 Å². The number of hydrogen-bond donors (Lipinski definition) is 0. The molecule has 2 rings (SSSR count). The summed E-state index contributed by atoms with van der Waals surface area (Å²) in [6, 6.07) is 7.64. The number of ether oxygens (including phenoxy) is 1. The molecule has 0 spiro atoms. The van der Waals surface area contributed by atoms with Crippen LogP contribution in [-0.4, -0.2) is 11.0 Å². The van der Waals surface area contributed by atoms with Gasteiger partial charge < -0.3 is 4.74 Å². The minimum Gasteiger partial charge on any atom is -0.458 e. The Morgan fingerprint density at radius 2 is 2.00 bits per heavy atom. The van der Waals surface area contributed by atoms with E-state index < -0.39 is 6.10 Å². The number of aromatic nitrogens is 1. The fourth-order valence-corrected chi connectivity index (χ4v) is 2.28. The van der Waals surface area contributed by atoms with E-state index in [1.54, 1.807) is 13.0 Å². The fourth-order valence-electron chi connectivity index (χ4n) is 1.98. The molecule has 0 fully saturated rings. The molecule has 2 aromatic rings. The number of esters is 1. The Hall–Kier alpha value is -1.61. The predicted molar refractivity (Wildman–Crippen MR) is 71.7 cm³/mol. The van der Waals surface area contributed by atoms with Crippen LogP contribution in [0.2, 0.25) is 5.02 Å². The van der Waals surface area contributed by atoms with Crippen molar-refractivity contribution in [3.63, 3.8) is 0 Å². The number of halogens is 1. The average molecular weight is 264 g/mol. The van der Waals surface area contributed by atoms with Gasteiger partial charge in [0.05, 0.1) is 5.52 Å². The van der Waals surface area contributed by atoms with Gasteiger partial charge in [0.25, 0.3) is 0 Å². The van der Waals surface area contributed by atoms with Gasteiger partial charge in [-0.2, -0.15) is 0 Å². The van der Waals surface area contributed by atoms with Crippen LogP contribution in [0, 0.1) is 6.92 Å². The maximum Gasteiger partial charge on any atom is 0.303 e. The van der Waals surface area contributed by atoms with Crippen molar-refractivity contribution in [3.05, 3.63) is 40.5 Å². The second-order valence-corrected chi connectivity index (χ2v) is 4.64. The monoisotopic (exact) mass is 263 g/mol. The van der Waals surface area contributed by atoms with Crippen molar-refractivity contribution in [1.29, 1.82) is 0 Å². The van der Waals surface area contributed by atoms with Crippen LogP contribution in [0.3, 0.4) is 0 Å². The molecule has 1 heterocycles. The average Bonchev–Trinajstić information content (AvgIpc) is 2.27. The van der Waals surface area contributed by atoms with Gasteiger partial charge in [-0.3, -0.25) is 9.78 Å². The van der Waals surface area contributed by atoms with Crippen molar-refractivity contribution in [2.24, 2.45) is 0 Å². The second kappa shape index (κ2) is 4.94. The van der Waals surface area contributed by atoms with E-state index in [4.69, 9.17) is 16.3 Å². The minimum absolute atomic E-state index is 0.330. The number of nitrogens with zero attached hydrogens (tertiary/aromatic N) is 1. The summed E-state index contributed by atoms with van der Waals surface area (Å²) in [5.41, 5.74) is 2.45. The normalized spacial score (nSPS) is 12.4. The van der Waals surface area contributed by atoms with E-state index >= 15 is 0 Å². The highest BCUT2D eigenvalue weighted by atomic mass is 35.5. The van der Waals surface area contributed by atoms with E-state index in [0.29, 0.717) is 5.02 Å². The lowest BCUT2D eigenvalue weighted by Gasteiger charge is -2.16. The third-order valence-electron chi connectivity index (χ3n) is 2.74. The van der Waals surface area contributed by atoms with Crippen molar-refractivity contribution < 1.29 is 9.53 Å². The summed E-state index contributed by atoms with van der Waals surface area (Å²) in [5.74, 6) is -0.330. The molecule has 0 N–H and O–H groups in total. The number of aryl methyl sites for hydroxylation is 1. The Morgan fingerprint density at radius 1 is 1.33 bits per heavy atom. The Bertz CT molecular complexity index is 605. The van der Waals surface area contributed by atoms with Crippen LogP contribution in [-0.2, 0) is 9.53 Å². The van der Waals surface area contributed by atoms with Crippen molar-refractivity contribution in [2.75, 3.05) is 0 Å². The molecule has 4 heteroatoms. The first kappa shape index (κ1) is 12.8. The van der Waals surface area contributed by atoms with E-state index in [2.05, 4.69) is 4.98 Å². The molecule has 0 radical (unpaired) electrons. The lowest BCUT2D eigenvalue weighted by Crippen LogP contribution is -2.06. The van der Waals surface area contributed by atoms with E-state index in [0.717, 1.165) is 22.2 Å². The molecule has 94 valence electrons. The molecule has 1 aromatic carbocycles. The second-order valence-electron chi connectivity index (χ2n) is 4.24. The number of benzene rings is 1. The maximum atomic E-state index is 11.1. The number of carbonyl (C=O) groups is 1. The molecule has 0 aliphatic rings. The number of hydrogen-bond acceptors (Lipinski definition) is 3. The van der Waals surface area contributed by atoms with Gasteiger partial charge in [0, 0.05) is 28.6 Å². The molecule has 0 saturated carbocycles. The third-order valence-corrected chi connectivity index (χ3v) is 3.07. The summed E-state index contributed by atoms with van der Waals surface area (Å²) >= 11 is 6.20. The zero-order valence-electron chi connectivity index (χ0n) is 10.5. The number of pyridine rings is 1. The van der Waals surface area contributed by atoms with Gasteiger partial charge in [-0.1, -0.05) is 23.7 Å². The van der Waals surface area contributed by atoms with Gasteiger partial charge in [0.1, 0.15) is 6.10 Å². The highest BCUT2D eigenvalue weighted by Gasteiger charge is 2.17. The molecule has 0 saturated heterocycles. The topological polar surface area (TPSA) is 39.2 Å². The van der Waals surface area contributed by atoms with Gasteiger partial charge in [0.2, 0.25) is 0 Å². The lowest BCUT2D eigenvalue weighted by atomic mass is 10.1. The number of fused-ring (bicyclic) bond motifs is 1. The molecule has 0 aliphatic heterocycles. The van der Waals surface area contributed by atoms with Gasteiger partial charge >= 0.3 is 5.97 Å². The first-order valence-corrected chi connectivity index (χ1v) is 6.10. The van der Waals surface area contributed by atoms with Crippen LogP contribution < -0.4 is 0 Å². The largest absolute Gasteiger partial charge is 0.458 e. The minimum atomic E-state index is -0.409. The standard InChI is InChI=1S/C14H14ClNO2/c1-8-4-5-11-6-7-12(15)13(14(11)16-8)9(2)18-10(3)17/h4-7,9H,1-3H3. The van der Waals surface area contributed by atoms with Crippen molar-refractivity contribution >= 4 is 28.5 Å². The molecule has 1 unspecified atom stereocenters. The molecule has 18 heavy (non-hydrogen) atoms.